The lowest BCUT2D eigenvalue weighted by Crippen LogP contribution is -2.36. The smallest absolute Gasteiger partial charge is 0.244 e. The van der Waals surface area contributed by atoms with Crippen molar-refractivity contribution in [3.63, 3.8) is 0 Å². The Bertz CT molecular complexity index is 1070. The molecule has 1 aliphatic rings. The lowest BCUT2D eigenvalue weighted by Gasteiger charge is -2.28. The monoisotopic (exact) mass is 483 g/mol. The summed E-state index contributed by atoms with van der Waals surface area (Å²) in [5.74, 6) is 5.13. The van der Waals surface area contributed by atoms with Crippen molar-refractivity contribution in [2.24, 2.45) is 16.0 Å². The van der Waals surface area contributed by atoms with E-state index in [0.717, 1.165) is 18.8 Å². The van der Waals surface area contributed by atoms with Gasteiger partial charge in [-0.3, -0.25) is 14.6 Å². The Balaban J connectivity index is 1.52. The van der Waals surface area contributed by atoms with Crippen LogP contribution >= 0.6 is 11.6 Å². The number of nitrogens with two attached hydrogens (primary N) is 1. The van der Waals surface area contributed by atoms with Crippen LogP contribution in [0.15, 0.2) is 58.7 Å². The van der Waals surface area contributed by atoms with Crippen molar-refractivity contribution in [1.29, 1.82) is 0 Å². The highest BCUT2D eigenvalue weighted by Gasteiger charge is 2.11. The van der Waals surface area contributed by atoms with Crippen molar-refractivity contribution in [3.05, 3.63) is 59.1 Å². The van der Waals surface area contributed by atoms with Crippen molar-refractivity contribution in [3.8, 4) is 0 Å². The largest absolute Gasteiger partial charge is 0.378 e. The number of carbonyl (C=O) groups excluding carboxylic acids is 2. The van der Waals surface area contributed by atoms with E-state index in [-0.39, 0.29) is 12.5 Å². The van der Waals surface area contributed by atoms with Crippen LogP contribution in [-0.4, -0.2) is 57.7 Å². The van der Waals surface area contributed by atoms with E-state index >= 15 is 0 Å². The maximum atomic E-state index is 12.2. The molecule has 1 heterocycles. The van der Waals surface area contributed by atoms with E-state index in [2.05, 4.69) is 32.5 Å². The number of carbonyl (C=O) groups is 2. The van der Waals surface area contributed by atoms with Gasteiger partial charge in [0, 0.05) is 47.8 Å². The van der Waals surface area contributed by atoms with E-state index in [1.165, 1.54) is 23.5 Å². The molecule has 0 saturated carbocycles. The summed E-state index contributed by atoms with van der Waals surface area (Å²) >= 11 is 6.06. The van der Waals surface area contributed by atoms with E-state index in [9.17, 15) is 9.59 Å². The second-order valence-corrected chi connectivity index (χ2v) is 7.66. The van der Waals surface area contributed by atoms with Crippen LogP contribution < -0.4 is 26.4 Å². The zero-order valence-corrected chi connectivity index (χ0v) is 19.2. The van der Waals surface area contributed by atoms with Gasteiger partial charge in [-0.25, -0.2) is 5.84 Å². The summed E-state index contributed by atoms with van der Waals surface area (Å²) in [4.78, 5) is 26.7. The van der Waals surface area contributed by atoms with Gasteiger partial charge in [-0.1, -0.05) is 11.6 Å². The SMILES string of the molecule is C=N/N=C\N(N)c1ccc(Cl)cc1/C=C/C(=O)NCC(=O)Nc1ccc(N2CCOCC2)cc1. The Morgan fingerprint density at radius 2 is 1.94 bits per heavy atom. The number of morpholine rings is 1. The maximum Gasteiger partial charge on any atom is 0.244 e. The van der Waals surface area contributed by atoms with Gasteiger partial charge in [0.25, 0.3) is 0 Å². The van der Waals surface area contributed by atoms with Crippen molar-refractivity contribution in [2.45, 2.75) is 0 Å². The van der Waals surface area contributed by atoms with Crippen LogP contribution in [0.3, 0.4) is 0 Å². The molecular weight excluding hydrogens is 458 g/mol. The highest BCUT2D eigenvalue weighted by atomic mass is 35.5. The fourth-order valence-electron chi connectivity index (χ4n) is 3.22. The first-order chi connectivity index (χ1) is 16.5. The third kappa shape index (κ3) is 7.41. The molecule has 0 spiro atoms. The van der Waals surface area contributed by atoms with Crippen molar-refractivity contribution in [1.82, 2.24) is 5.32 Å². The number of benzene rings is 2. The van der Waals surface area contributed by atoms with Crippen LogP contribution in [0.25, 0.3) is 6.08 Å². The lowest BCUT2D eigenvalue weighted by molar-refractivity contribution is -0.121. The number of nitrogens with zero attached hydrogens (tertiary/aromatic N) is 4. The van der Waals surface area contributed by atoms with Gasteiger partial charge in [0.1, 0.15) is 6.34 Å². The topological polar surface area (TPSA) is 125 Å². The minimum Gasteiger partial charge on any atom is -0.378 e. The molecule has 0 aliphatic carbocycles. The number of hydrazine groups is 1. The van der Waals surface area contributed by atoms with E-state index < -0.39 is 5.91 Å². The third-order valence-electron chi connectivity index (χ3n) is 4.89. The molecule has 4 N–H and O–H groups in total. The number of hydrogen-bond donors (Lipinski definition) is 3. The summed E-state index contributed by atoms with van der Waals surface area (Å²) in [6.45, 7) is 6.15. The number of amides is 2. The number of ether oxygens (including phenoxy) is 1. The molecule has 34 heavy (non-hydrogen) atoms. The third-order valence-corrected chi connectivity index (χ3v) is 5.13. The molecule has 0 radical (unpaired) electrons. The zero-order chi connectivity index (χ0) is 24.3. The van der Waals surface area contributed by atoms with Crippen LogP contribution in [0.5, 0.6) is 0 Å². The zero-order valence-electron chi connectivity index (χ0n) is 18.5. The first kappa shape index (κ1) is 24.9. The van der Waals surface area contributed by atoms with E-state index in [0.29, 0.717) is 35.2 Å². The van der Waals surface area contributed by atoms with E-state index in [4.69, 9.17) is 22.2 Å². The fourth-order valence-corrected chi connectivity index (χ4v) is 3.40. The molecule has 0 aromatic heterocycles. The van der Waals surface area contributed by atoms with Crippen LogP contribution in [0.1, 0.15) is 5.56 Å². The van der Waals surface area contributed by atoms with Gasteiger partial charge in [-0.15, -0.1) is 5.10 Å². The molecule has 2 amide bonds. The first-order valence-electron chi connectivity index (χ1n) is 10.5. The van der Waals surface area contributed by atoms with Crippen LogP contribution in [0, 0.1) is 0 Å². The fraction of sp³-hybridized carbons (Fsp3) is 0.217. The van der Waals surface area contributed by atoms with Gasteiger partial charge in [-0.2, -0.15) is 5.10 Å². The second kappa shape index (κ2) is 12.5. The summed E-state index contributed by atoms with van der Waals surface area (Å²) in [7, 11) is 0. The van der Waals surface area contributed by atoms with Gasteiger partial charge in [0.05, 0.1) is 25.4 Å². The molecule has 2 aromatic rings. The van der Waals surface area contributed by atoms with E-state index in [1.54, 1.807) is 18.2 Å². The Morgan fingerprint density at radius 3 is 2.65 bits per heavy atom. The molecule has 0 bridgehead atoms. The van der Waals surface area contributed by atoms with Crippen molar-refractivity contribution >= 4 is 59.6 Å². The average Bonchev–Trinajstić information content (AvgIpc) is 2.86. The molecule has 11 heteroatoms. The molecule has 1 aliphatic heterocycles. The number of halogens is 1. The minimum absolute atomic E-state index is 0.183. The van der Waals surface area contributed by atoms with Gasteiger partial charge < -0.3 is 20.3 Å². The predicted molar refractivity (Wildman–Crippen MR) is 136 cm³/mol. The molecule has 1 saturated heterocycles. The van der Waals surface area contributed by atoms with Gasteiger partial charge in [0.2, 0.25) is 11.8 Å². The lowest BCUT2D eigenvalue weighted by atomic mass is 10.1. The molecule has 0 atom stereocenters. The van der Waals surface area contributed by atoms with Gasteiger partial charge in [0.15, 0.2) is 0 Å². The molecule has 10 nitrogen and oxygen atoms in total. The maximum absolute atomic E-state index is 12.2. The van der Waals surface area contributed by atoms with Crippen molar-refractivity contribution in [2.75, 3.05) is 48.1 Å². The van der Waals surface area contributed by atoms with E-state index in [1.807, 2.05) is 24.3 Å². The summed E-state index contributed by atoms with van der Waals surface area (Å²) in [5, 5.41) is 14.0. The van der Waals surface area contributed by atoms with Gasteiger partial charge in [-0.05, 0) is 48.5 Å². The molecule has 178 valence electrons. The Hall–Kier alpha value is -3.73. The van der Waals surface area contributed by atoms with Gasteiger partial charge >= 0.3 is 0 Å². The summed E-state index contributed by atoms with van der Waals surface area (Å²) in [6, 6.07) is 12.5. The molecule has 3 rings (SSSR count). The summed E-state index contributed by atoms with van der Waals surface area (Å²) in [5.41, 5.74) is 2.84. The average molecular weight is 484 g/mol. The van der Waals surface area contributed by atoms with Crippen LogP contribution in [0.4, 0.5) is 17.1 Å². The molecule has 0 unspecified atom stereocenters. The molecule has 1 fully saturated rings. The minimum atomic E-state index is -0.450. The number of nitrogens with one attached hydrogen (secondary N) is 2. The summed E-state index contributed by atoms with van der Waals surface area (Å²) in [6.07, 6.45) is 4.09. The Labute approximate surface area is 202 Å². The Morgan fingerprint density at radius 1 is 1.21 bits per heavy atom. The highest BCUT2D eigenvalue weighted by molar-refractivity contribution is 6.30. The first-order valence-corrected chi connectivity index (χ1v) is 10.9. The number of hydrogen-bond acceptors (Lipinski definition) is 7. The second-order valence-electron chi connectivity index (χ2n) is 7.23. The normalized spacial score (nSPS) is 13.8. The van der Waals surface area contributed by atoms with Crippen LogP contribution in [-0.2, 0) is 14.3 Å². The molecular formula is C23H26ClN7O3. The Kier molecular flexibility index (Phi) is 9.15. The highest BCUT2D eigenvalue weighted by Crippen LogP contribution is 2.23. The van der Waals surface area contributed by atoms with Crippen LogP contribution in [0.2, 0.25) is 5.02 Å². The van der Waals surface area contributed by atoms with Crippen molar-refractivity contribution < 1.29 is 14.3 Å². The molecule has 2 aromatic carbocycles. The quantitative estimate of drug-likeness (QED) is 0.165. The predicted octanol–water partition coefficient (Wildman–Crippen LogP) is 2.27. The number of rotatable bonds is 9. The summed E-state index contributed by atoms with van der Waals surface area (Å²) < 4.78 is 5.36. The standard InChI is InChI=1S/C23H26ClN7O3/c1-26-28-16-31(25)21-8-3-18(24)14-17(21)2-9-22(32)27-15-23(33)29-19-4-6-20(7-5-19)30-10-12-34-13-11-30/h2-9,14,16H,1,10-13,15,25H2,(H,27,32)(H,29,33)/b9-2+,28-16-. The number of anilines is 3.